The second-order valence-electron chi connectivity index (χ2n) is 13.8. The molecular formula is C40H40N12O4. The highest BCUT2D eigenvalue weighted by Crippen LogP contribution is 2.40. The van der Waals surface area contributed by atoms with Crippen LogP contribution in [0, 0.1) is 23.7 Å². The maximum absolute atomic E-state index is 12.3. The molecule has 8 rings (SSSR count). The van der Waals surface area contributed by atoms with E-state index in [9.17, 15) is 19.2 Å². The van der Waals surface area contributed by atoms with Crippen molar-refractivity contribution < 1.29 is 19.2 Å². The molecule has 0 saturated heterocycles. The number of nitrogens with one attached hydrogen (secondary N) is 2. The molecule has 6 heterocycles. The van der Waals surface area contributed by atoms with Crippen LogP contribution in [-0.4, -0.2) is 53.5 Å². The number of nitrogen functional groups attached to an aromatic ring is 2. The van der Waals surface area contributed by atoms with Crippen LogP contribution in [0.2, 0.25) is 0 Å². The van der Waals surface area contributed by atoms with Crippen LogP contribution in [0.3, 0.4) is 0 Å². The van der Waals surface area contributed by atoms with E-state index in [1.54, 1.807) is 49.3 Å². The molecule has 0 bridgehead atoms. The van der Waals surface area contributed by atoms with Crippen molar-refractivity contribution in [3.63, 3.8) is 0 Å². The molecule has 2 aliphatic rings. The third-order valence-corrected chi connectivity index (χ3v) is 10.1. The fourth-order valence-corrected chi connectivity index (χ4v) is 6.72. The summed E-state index contributed by atoms with van der Waals surface area (Å²) >= 11 is 0. The monoisotopic (exact) mass is 752 g/mol. The molecule has 2 aliphatic carbocycles. The Kier molecular flexibility index (Phi) is 10.2. The molecule has 0 aliphatic heterocycles. The molecule has 16 nitrogen and oxygen atoms in total. The van der Waals surface area contributed by atoms with Gasteiger partial charge in [-0.05, 0) is 84.0 Å². The highest BCUT2D eigenvalue weighted by molar-refractivity contribution is 6.02. The lowest BCUT2D eigenvalue weighted by Gasteiger charge is -2.11. The number of carbonyl (C=O) groups excluding carboxylic acids is 4. The summed E-state index contributed by atoms with van der Waals surface area (Å²) in [6.45, 7) is 4.13. The Labute approximate surface area is 320 Å². The van der Waals surface area contributed by atoms with Gasteiger partial charge in [0.25, 0.3) is 0 Å². The topological polar surface area (TPSA) is 274 Å². The molecule has 2 fully saturated rings. The average molecular weight is 753 g/mol. The van der Waals surface area contributed by atoms with Crippen molar-refractivity contribution in [1.82, 2.24) is 29.9 Å². The number of rotatable bonds is 10. The summed E-state index contributed by atoms with van der Waals surface area (Å²) in [6.07, 6.45) is 12.9. The van der Waals surface area contributed by atoms with Gasteiger partial charge in [0, 0.05) is 59.1 Å². The van der Waals surface area contributed by atoms with E-state index in [4.69, 9.17) is 22.9 Å². The minimum absolute atomic E-state index is 0.251. The number of nitrogens with two attached hydrogens (primary N) is 4. The number of primary amides is 2. The zero-order valence-corrected chi connectivity index (χ0v) is 30.7. The maximum Gasteiger partial charge on any atom is 0.229 e. The molecular weight excluding hydrogens is 713 g/mol. The first kappa shape index (κ1) is 37.2. The van der Waals surface area contributed by atoms with E-state index in [0.29, 0.717) is 46.9 Å². The fraction of sp³-hybridized carbons (Fsp3) is 0.250. The van der Waals surface area contributed by atoms with E-state index in [1.165, 1.54) is 0 Å². The third kappa shape index (κ3) is 7.75. The molecule has 0 aromatic carbocycles. The molecule has 284 valence electrons. The molecule has 10 N–H and O–H groups in total. The quantitative estimate of drug-likeness (QED) is 0.117. The fourth-order valence-electron chi connectivity index (χ4n) is 6.72. The van der Waals surface area contributed by atoms with Crippen LogP contribution in [0.4, 0.5) is 23.3 Å². The van der Waals surface area contributed by atoms with E-state index in [2.05, 4.69) is 54.4 Å². The van der Waals surface area contributed by atoms with Crippen molar-refractivity contribution in [2.75, 3.05) is 22.1 Å². The van der Waals surface area contributed by atoms with Crippen LogP contribution in [0.25, 0.3) is 44.1 Å². The molecule has 16 heteroatoms. The van der Waals surface area contributed by atoms with Gasteiger partial charge in [-0.2, -0.15) is 0 Å². The lowest BCUT2D eigenvalue weighted by Crippen LogP contribution is -2.21. The largest absolute Gasteiger partial charge is 0.383 e. The Morgan fingerprint density at radius 2 is 1.04 bits per heavy atom. The molecule has 4 atom stereocenters. The zero-order valence-electron chi connectivity index (χ0n) is 30.7. The second-order valence-corrected chi connectivity index (χ2v) is 13.8. The Balaban J connectivity index is 0.000000172. The van der Waals surface area contributed by atoms with Crippen LogP contribution in [0.15, 0.2) is 73.6 Å². The number of fused-ring (bicyclic) bond motifs is 2. The first-order valence-corrected chi connectivity index (χ1v) is 18.1. The van der Waals surface area contributed by atoms with E-state index in [0.717, 1.165) is 57.3 Å². The van der Waals surface area contributed by atoms with Gasteiger partial charge in [-0.15, -0.1) is 0 Å². The number of aryl methyl sites for hydroxylation is 2. The molecule has 6 aromatic heterocycles. The van der Waals surface area contributed by atoms with Gasteiger partial charge in [0.15, 0.2) is 0 Å². The van der Waals surface area contributed by atoms with Crippen molar-refractivity contribution >= 4 is 68.4 Å². The Morgan fingerprint density at radius 1 is 0.625 bits per heavy atom. The lowest BCUT2D eigenvalue weighted by molar-refractivity contribution is -0.123. The van der Waals surface area contributed by atoms with E-state index < -0.39 is 11.8 Å². The zero-order chi connectivity index (χ0) is 39.7. The minimum atomic E-state index is -0.446. The Hall–Kier alpha value is -7.10. The van der Waals surface area contributed by atoms with Gasteiger partial charge in [0.2, 0.25) is 23.6 Å². The van der Waals surface area contributed by atoms with Gasteiger partial charge in [0.1, 0.15) is 23.3 Å². The summed E-state index contributed by atoms with van der Waals surface area (Å²) in [6, 6.07) is 11.2. The molecule has 4 amide bonds. The van der Waals surface area contributed by atoms with Crippen LogP contribution >= 0.6 is 0 Å². The van der Waals surface area contributed by atoms with Crippen LogP contribution in [0.1, 0.15) is 37.8 Å². The SMILES string of the molecule is CCc1ccncc1-c1cc2cc(NC(=O)[C@@H]3C[C@@H]3C(N)=O)ncc2c(N)n1.CCc1ccncc1-c1cc2cc(NC(=O)[C@H]3C[C@H]3C(N)=O)ncc2c(N)n1. The smallest absolute Gasteiger partial charge is 0.229 e. The molecule has 0 unspecified atom stereocenters. The van der Waals surface area contributed by atoms with Crippen molar-refractivity contribution in [3.05, 3.63) is 84.7 Å². The van der Waals surface area contributed by atoms with Gasteiger partial charge in [-0.3, -0.25) is 29.1 Å². The predicted octanol–water partition coefficient (Wildman–Crippen LogP) is 3.79. The summed E-state index contributed by atoms with van der Waals surface area (Å²) in [4.78, 5) is 72.7. The lowest BCUT2D eigenvalue weighted by atomic mass is 10.0. The van der Waals surface area contributed by atoms with Crippen molar-refractivity contribution in [3.8, 4) is 22.5 Å². The predicted molar refractivity (Wildman–Crippen MR) is 212 cm³/mol. The number of hydrogen-bond acceptors (Lipinski definition) is 12. The second kappa shape index (κ2) is 15.3. The molecule has 6 aromatic rings. The summed E-state index contributed by atoms with van der Waals surface area (Å²) in [7, 11) is 0. The van der Waals surface area contributed by atoms with Crippen LogP contribution in [0.5, 0.6) is 0 Å². The summed E-state index contributed by atoms with van der Waals surface area (Å²) < 4.78 is 0. The van der Waals surface area contributed by atoms with Gasteiger partial charge in [0.05, 0.1) is 35.1 Å². The number of carbonyl (C=O) groups is 4. The molecule has 0 spiro atoms. The van der Waals surface area contributed by atoms with Crippen molar-refractivity contribution in [1.29, 1.82) is 0 Å². The number of nitrogens with zero attached hydrogens (tertiary/aromatic N) is 6. The summed E-state index contributed by atoms with van der Waals surface area (Å²) in [5.74, 6) is -1.41. The van der Waals surface area contributed by atoms with E-state index in [1.807, 2.05) is 24.3 Å². The third-order valence-electron chi connectivity index (χ3n) is 10.1. The van der Waals surface area contributed by atoms with Crippen LogP contribution < -0.4 is 33.6 Å². The standard InChI is InChI=1S/2C20H20N6O2/c2*1-2-10-3-4-23-8-14(10)16-5-11-6-17(24-9-15(11)18(21)25-16)26-20(28)13-7-12(13)19(22)27/h2*3-6,8-9,12-13H,2,7H2,1H3,(H2,21,25)(H2,22,27)(H,24,26,28)/t2*12-,13+/m10/s1. The minimum Gasteiger partial charge on any atom is -0.383 e. The summed E-state index contributed by atoms with van der Waals surface area (Å²) in [5.41, 5.74) is 28.3. The number of amides is 4. The van der Waals surface area contributed by atoms with Gasteiger partial charge in [-0.1, -0.05) is 13.8 Å². The number of hydrogen-bond donors (Lipinski definition) is 6. The molecule has 0 radical (unpaired) electrons. The van der Waals surface area contributed by atoms with Gasteiger partial charge < -0.3 is 33.6 Å². The average Bonchev–Trinajstić information content (AvgIpc) is 4.12. The Bertz CT molecular complexity index is 2370. The normalized spacial score (nSPS) is 18.0. The first-order valence-electron chi connectivity index (χ1n) is 18.1. The number of pyridine rings is 6. The van der Waals surface area contributed by atoms with Gasteiger partial charge in [-0.25, -0.2) is 19.9 Å². The number of anilines is 4. The highest BCUT2D eigenvalue weighted by Gasteiger charge is 2.47. The highest BCUT2D eigenvalue weighted by atomic mass is 16.2. The van der Waals surface area contributed by atoms with Gasteiger partial charge >= 0.3 is 0 Å². The van der Waals surface area contributed by atoms with Crippen LogP contribution in [-0.2, 0) is 32.0 Å². The van der Waals surface area contributed by atoms with E-state index in [-0.39, 0.29) is 35.5 Å². The van der Waals surface area contributed by atoms with Crippen molar-refractivity contribution in [2.45, 2.75) is 39.5 Å². The van der Waals surface area contributed by atoms with E-state index >= 15 is 0 Å². The Morgan fingerprint density at radius 3 is 1.39 bits per heavy atom. The van der Waals surface area contributed by atoms with Crippen molar-refractivity contribution in [2.24, 2.45) is 35.1 Å². The maximum atomic E-state index is 12.3. The molecule has 56 heavy (non-hydrogen) atoms. The first-order chi connectivity index (χ1) is 26.9. The molecule has 2 saturated carbocycles. The summed E-state index contributed by atoms with van der Waals surface area (Å²) in [5, 5.41) is 8.51. The number of aromatic nitrogens is 6.